The van der Waals surface area contributed by atoms with Crippen molar-refractivity contribution < 1.29 is 13.2 Å². The van der Waals surface area contributed by atoms with Crippen molar-refractivity contribution >= 4 is 17.4 Å². The number of nitrogens with one attached hydrogen (secondary N) is 2. The summed E-state index contributed by atoms with van der Waals surface area (Å²) in [5.74, 6) is -1.67. The monoisotopic (exact) mass is 224 g/mol. The van der Waals surface area contributed by atoms with E-state index in [1.54, 1.807) is 0 Å². The fraction of sp³-hybridized carbons (Fsp3) is 0.167. The van der Waals surface area contributed by atoms with Gasteiger partial charge in [-0.3, -0.25) is 15.4 Å². The van der Waals surface area contributed by atoms with Crippen LogP contribution in [0.5, 0.6) is 0 Å². The number of hydrogen-bond acceptors (Lipinski definition) is 3. The lowest BCUT2D eigenvalue weighted by Gasteiger charge is -2.10. The van der Waals surface area contributed by atoms with Gasteiger partial charge in [0.15, 0.2) is 10.6 Å². The Balaban J connectivity index is 3.29. The second kappa shape index (κ2) is 3.41. The third-order valence-corrected chi connectivity index (χ3v) is 1.63. The second-order valence-electron chi connectivity index (χ2n) is 2.28. The Kier molecular flexibility index (Phi) is 2.61. The van der Waals surface area contributed by atoms with Crippen LogP contribution in [0.15, 0.2) is 12.4 Å². The molecule has 0 bridgehead atoms. The summed E-state index contributed by atoms with van der Waals surface area (Å²) in [4.78, 5) is 3.40. The smallest absolute Gasteiger partial charge is 0.281 e. The maximum Gasteiger partial charge on any atom is 0.449 e. The molecule has 4 nitrogen and oxygen atoms in total. The zero-order valence-electron chi connectivity index (χ0n) is 6.56. The largest absolute Gasteiger partial charge is 0.449 e. The van der Waals surface area contributed by atoms with E-state index in [-0.39, 0.29) is 5.15 Å². The van der Waals surface area contributed by atoms with Crippen molar-refractivity contribution in [3.63, 3.8) is 0 Å². The summed E-state index contributed by atoms with van der Waals surface area (Å²) in [6.45, 7) is 0. The van der Waals surface area contributed by atoms with Gasteiger partial charge in [0.2, 0.25) is 5.84 Å². The van der Waals surface area contributed by atoms with E-state index in [4.69, 9.17) is 22.4 Å². The molecule has 0 amide bonds. The molecule has 0 saturated heterocycles. The summed E-state index contributed by atoms with van der Waals surface area (Å²) < 4.78 is 36.5. The molecule has 0 fully saturated rings. The highest BCUT2D eigenvalue weighted by molar-refractivity contribution is 6.29. The van der Waals surface area contributed by atoms with Crippen LogP contribution < -0.4 is 5.49 Å². The first-order valence-corrected chi connectivity index (χ1v) is 3.65. The maximum absolute atomic E-state index is 12.1. The highest BCUT2D eigenvalue weighted by atomic mass is 35.5. The Labute approximate surface area is 81.0 Å². The van der Waals surface area contributed by atoms with Crippen LogP contribution in [0.4, 0.5) is 13.2 Å². The molecule has 0 atom stereocenters. The first kappa shape index (κ1) is 10.7. The Morgan fingerprint density at radius 2 is 2.07 bits per heavy atom. The van der Waals surface area contributed by atoms with Gasteiger partial charge in [-0.1, -0.05) is 11.6 Å². The van der Waals surface area contributed by atoms with E-state index in [0.717, 1.165) is 12.4 Å². The van der Waals surface area contributed by atoms with Crippen LogP contribution in [0.2, 0.25) is 5.15 Å². The van der Waals surface area contributed by atoms with E-state index in [0.29, 0.717) is 4.57 Å². The van der Waals surface area contributed by atoms with Gasteiger partial charge in [-0.25, -0.2) is 4.98 Å². The van der Waals surface area contributed by atoms with Crippen molar-refractivity contribution in [3.8, 4) is 0 Å². The predicted molar refractivity (Wildman–Crippen MR) is 42.3 cm³/mol. The van der Waals surface area contributed by atoms with E-state index in [1.807, 2.05) is 0 Å². The van der Waals surface area contributed by atoms with Crippen molar-refractivity contribution in [1.82, 2.24) is 9.55 Å². The first-order chi connectivity index (χ1) is 6.34. The number of nitrogens with zero attached hydrogens (tertiary/aromatic N) is 2. The second-order valence-corrected chi connectivity index (χ2v) is 2.64. The molecular formula is C6H4ClF3N4. The average Bonchev–Trinajstić information content (AvgIpc) is 2.07. The van der Waals surface area contributed by atoms with E-state index in [2.05, 4.69) is 4.98 Å². The molecule has 0 aromatic carbocycles. The summed E-state index contributed by atoms with van der Waals surface area (Å²) in [6.07, 6.45) is -2.98. The fourth-order valence-corrected chi connectivity index (χ4v) is 0.871. The van der Waals surface area contributed by atoms with Crippen molar-refractivity contribution in [2.24, 2.45) is 0 Å². The van der Waals surface area contributed by atoms with Gasteiger partial charge in [0, 0.05) is 12.4 Å². The van der Waals surface area contributed by atoms with Crippen molar-refractivity contribution in [3.05, 3.63) is 23.0 Å². The third-order valence-electron chi connectivity index (χ3n) is 1.35. The molecule has 0 spiro atoms. The molecule has 0 aliphatic rings. The van der Waals surface area contributed by atoms with Gasteiger partial charge in [-0.05, 0) is 0 Å². The Bertz CT molecular complexity index is 422. The quantitative estimate of drug-likeness (QED) is 0.508. The lowest BCUT2D eigenvalue weighted by Crippen LogP contribution is -2.37. The first-order valence-electron chi connectivity index (χ1n) is 3.28. The Morgan fingerprint density at radius 3 is 2.57 bits per heavy atom. The number of alkyl halides is 3. The molecule has 2 N–H and O–H groups in total. The van der Waals surface area contributed by atoms with Crippen LogP contribution in [-0.2, 0) is 0 Å². The molecule has 0 aliphatic carbocycles. The summed E-state index contributed by atoms with van der Waals surface area (Å²) >= 11 is 5.32. The van der Waals surface area contributed by atoms with Crippen molar-refractivity contribution in [1.29, 1.82) is 10.8 Å². The molecule has 14 heavy (non-hydrogen) atoms. The van der Waals surface area contributed by atoms with Crippen LogP contribution in [0.3, 0.4) is 0 Å². The number of halogens is 4. The molecule has 8 heteroatoms. The zero-order valence-corrected chi connectivity index (χ0v) is 7.32. The topological polar surface area (TPSA) is 65.5 Å². The molecule has 1 aromatic rings. The third kappa shape index (κ3) is 1.92. The lowest BCUT2D eigenvalue weighted by molar-refractivity contribution is -0.0626. The molecular weight excluding hydrogens is 221 g/mol. The zero-order chi connectivity index (χ0) is 10.9. The standard InChI is InChI=1S/C6H4ClF3N4/c7-3-4(11)14(2-1-13-3)5(12)6(8,9)10/h1-2,11-12H. The van der Waals surface area contributed by atoms with Gasteiger partial charge in [0.05, 0.1) is 0 Å². The van der Waals surface area contributed by atoms with Gasteiger partial charge >= 0.3 is 6.18 Å². The normalized spacial score (nSPS) is 11.4. The van der Waals surface area contributed by atoms with E-state index in [9.17, 15) is 13.2 Å². The fourth-order valence-electron chi connectivity index (χ4n) is 0.723. The molecule has 1 heterocycles. The lowest BCUT2D eigenvalue weighted by atomic mass is 10.5. The van der Waals surface area contributed by atoms with Crippen molar-refractivity contribution in [2.45, 2.75) is 6.18 Å². The van der Waals surface area contributed by atoms with Gasteiger partial charge < -0.3 is 0 Å². The summed E-state index contributed by atoms with van der Waals surface area (Å²) in [5, 5.41) is 13.5. The Hall–Kier alpha value is -1.37. The van der Waals surface area contributed by atoms with E-state index >= 15 is 0 Å². The summed E-state index contributed by atoms with van der Waals surface area (Å²) in [6, 6.07) is 0. The van der Waals surface area contributed by atoms with E-state index < -0.39 is 17.5 Å². The molecule has 1 aromatic heterocycles. The number of rotatable bonds is 0. The molecule has 1 rings (SSSR count). The molecule has 0 unspecified atom stereocenters. The van der Waals surface area contributed by atoms with Gasteiger partial charge in [0.25, 0.3) is 0 Å². The highest BCUT2D eigenvalue weighted by Gasteiger charge is 2.36. The molecule has 0 saturated carbocycles. The van der Waals surface area contributed by atoms with Gasteiger partial charge in [0.1, 0.15) is 0 Å². The van der Waals surface area contributed by atoms with Crippen molar-refractivity contribution in [2.75, 3.05) is 0 Å². The van der Waals surface area contributed by atoms with Gasteiger partial charge in [-0.15, -0.1) is 0 Å². The SMILES string of the molecule is N=C(n1ccnc(Cl)c1=N)C(F)(F)F. The predicted octanol–water partition coefficient (Wildman–Crippen LogP) is 1.40. The minimum absolute atomic E-state index is 0.301. The average molecular weight is 225 g/mol. The molecule has 0 aliphatic heterocycles. The van der Waals surface area contributed by atoms with Crippen LogP contribution in [0.25, 0.3) is 0 Å². The number of hydrogen-bond donors (Lipinski definition) is 2. The van der Waals surface area contributed by atoms with Crippen LogP contribution >= 0.6 is 11.6 Å². The Morgan fingerprint density at radius 1 is 1.50 bits per heavy atom. The van der Waals surface area contributed by atoms with E-state index in [1.165, 1.54) is 0 Å². The summed E-state index contributed by atoms with van der Waals surface area (Å²) in [7, 11) is 0. The minimum atomic E-state index is -4.81. The maximum atomic E-state index is 12.1. The molecule has 76 valence electrons. The summed E-state index contributed by atoms with van der Waals surface area (Å²) in [5.41, 5.74) is -0.670. The van der Waals surface area contributed by atoms with Crippen LogP contribution in [0, 0.1) is 10.8 Å². The molecule has 0 radical (unpaired) electrons. The van der Waals surface area contributed by atoms with Crippen LogP contribution in [0.1, 0.15) is 0 Å². The number of aromatic nitrogens is 2. The van der Waals surface area contributed by atoms with Crippen LogP contribution in [-0.4, -0.2) is 21.6 Å². The minimum Gasteiger partial charge on any atom is -0.281 e. The highest BCUT2D eigenvalue weighted by Crippen LogP contribution is 2.16. The van der Waals surface area contributed by atoms with Gasteiger partial charge in [-0.2, -0.15) is 13.2 Å².